The number of aryl methyl sites for hydroxylation is 1. The van der Waals surface area contributed by atoms with Gasteiger partial charge in [-0.1, -0.05) is 31.3 Å². The van der Waals surface area contributed by atoms with Gasteiger partial charge in [0.1, 0.15) is 5.82 Å². The van der Waals surface area contributed by atoms with Crippen LogP contribution >= 0.6 is 0 Å². The predicted molar refractivity (Wildman–Crippen MR) is 142 cm³/mol. The molecule has 2 aromatic rings. The van der Waals surface area contributed by atoms with Crippen molar-refractivity contribution in [3.63, 3.8) is 0 Å². The molecule has 1 aromatic carbocycles. The van der Waals surface area contributed by atoms with E-state index in [1.54, 1.807) is 12.3 Å². The minimum Gasteiger partial charge on any atom is -0.504 e. The van der Waals surface area contributed by atoms with Gasteiger partial charge in [0, 0.05) is 23.2 Å². The predicted octanol–water partition coefficient (Wildman–Crippen LogP) is 5.52. The molecule has 194 valence electrons. The number of hydrogen-bond donors (Lipinski definition) is 3. The second kappa shape index (κ2) is 13.0. The third-order valence-electron chi connectivity index (χ3n) is 7.27. The number of pyridine rings is 1. The van der Waals surface area contributed by atoms with Crippen LogP contribution in [0.25, 0.3) is 0 Å². The van der Waals surface area contributed by atoms with Gasteiger partial charge in [0.2, 0.25) is 0 Å². The maximum atomic E-state index is 10.9. The number of aliphatic hydroxyl groups is 1. The number of rotatable bonds is 7. The number of aromatic nitrogens is 1. The molecule has 0 saturated heterocycles. The Morgan fingerprint density at radius 2 is 1.97 bits per heavy atom. The number of aromatic hydroxyl groups is 1. The first-order valence-electron chi connectivity index (χ1n) is 13.5. The Kier molecular flexibility index (Phi) is 9.49. The molecule has 1 saturated carbocycles. The van der Waals surface area contributed by atoms with Gasteiger partial charge in [-0.3, -0.25) is 0 Å². The summed E-state index contributed by atoms with van der Waals surface area (Å²) in [5, 5.41) is 21.1. The van der Waals surface area contributed by atoms with Gasteiger partial charge < -0.3 is 25.4 Å². The fourth-order valence-corrected chi connectivity index (χ4v) is 5.06. The van der Waals surface area contributed by atoms with Crippen LogP contribution in [0.2, 0.25) is 0 Å². The molecule has 1 aliphatic heterocycles. The Labute approximate surface area is 215 Å². The van der Waals surface area contributed by atoms with Crippen molar-refractivity contribution in [2.75, 3.05) is 5.73 Å². The van der Waals surface area contributed by atoms with Gasteiger partial charge in [0.15, 0.2) is 11.5 Å². The van der Waals surface area contributed by atoms with E-state index in [-0.39, 0.29) is 23.9 Å². The van der Waals surface area contributed by atoms with Crippen LogP contribution < -0.4 is 10.5 Å². The average Bonchev–Trinajstić information content (AvgIpc) is 2.90. The van der Waals surface area contributed by atoms with E-state index in [0.717, 1.165) is 48.8 Å². The lowest BCUT2D eigenvalue weighted by atomic mass is 9.97. The van der Waals surface area contributed by atoms with Crippen molar-refractivity contribution >= 4 is 5.82 Å². The molecule has 0 unspecified atom stereocenters. The molecule has 6 heteroatoms. The quantitative estimate of drug-likeness (QED) is 0.440. The SMILES string of the molecule is C[C@@H]1C#Cc2cc(N)ncc2CO[C@H](C[C@H](O)CCc2ccc(O)c(OC3CCCCC3)c2)CCC1. The minimum atomic E-state index is -0.477. The van der Waals surface area contributed by atoms with Crippen LogP contribution in [0.4, 0.5) is 5.82 Å². The van der Waals surface area contributed by atoms with Crippen molar-refractivity contribution < 1.29 is 19.7 Å². The molecule has 4 rings (SSSR count). The highest BCUT2D eigenvalue weighted by Gasteiger charge is 2.19. The summed E-state index contributed by atoms with van der Waals surface area (Å²) in [6, 6.07) is 7.35. The maximum Gasteiger partial charge on any atom is 0.161 e. The van der Waals surface area contributed by atoms with Crippen LogP contribution in [-0.4, -0.2) is 33.5 Å². The molecule has 0 spiro atoms. The van der Waals surface area contributed by atoms with Crippen molar-refractivity contribution in [2.45, 2.75) is 102 Å². The monoisotopic (exact) mass is 492 g/mol. The van der Waals surface area contributed by atoms with Crippen molar-refractivity contribution in [2.24, 2.45) is 5.92 Å². The van der Waals surface area contributed by atoms with Crippen LogP contribution in [0.5, 0.6) is 11.5 Å². The van der Waals surface area contributed by atoms with Crippen LogP contribution in [0, 0.1) is 17.8 Å². The zero-order valence-electron chi connectivity index (χ0n) is 21.4. The number of nitrogen functional groups attached to an aromatic ring is 1. The zero-order chi connectivity index (χ0) is 25.3. The number of fused-ring (bicyclic) bond motifs is 1. The van der Waals surface area contributed by atoms with Crippen LogP contribution in [0.15, 0.2) is 30.5 Å². The maximum absolute atomic E-state index is 10.9. The Morgan fingerprint density at radius 1 is 1.14 bits per heavy atom. The molecule has 4 N–H and O–H groups in total. The van der Waals surface area contributed by atoms with Gasteiger partial charge in [0.25, 0.3) is 0 Å². The summed E-state index contributed by atoms with van der Waals surface area (Å²) in [5.74, 6) is 8.07. The number of phenolic OH excluding ortho intramolecular Hbond substituents is 1. The molecule has 0 amide bonds. The number of aliphatic hydroxyl groups excluding tert-OH is 1. The zero-order valence-corrected chi connectivity index (χ0v) is 21.4. The third-order valence-corrected chi connectivity index (χ3v) is 7.27. The topological polar surface area (TPSA) is 97.8 Å². The summed E-state index contributed by atoms with van der Waals surface area (Å²) in [5.41, 5.74) is 8.73. The number of nitrogens with two attached hydrogens (primary N) is 1. The lowest BCUT2D eigenvalue weighted by Crippen LogP contribution is -2.22. The van der Waals surface area contributed by atoms with E-state index in [1.807, 2.05) is 18.2 Å². The second-order valence-corrected chi connectivity index (χ2v) is 10.4. The van der Waals surface area contributed by atoms with E-state index in [1.165, 1.54) is 19.3 Å². The van der Waals surface area contributed by atoms with Crippen LogP contribution in [0.3, 0.4) is 0 Å². The number of benzene rings is 1. The first-order valence-corrected chi connectivity index (χ1v) is 13.5. The first-order chi connectivity index (χ1) is 17.5. The molecule has 2 aliphatic rings. The molecule has 0 bridgehead atoms. The standard InChI is InChI=1S/C30H40N2O4/c1-21-6-5-9-27(35-20-24-19-32-30(31)17-23(24)13-10-21)18-25(33)14-11-22-12-15-28(34)29(16-22)36-26-7-3-2-4-8-26/h12,15-17,19,21,25-27,33-34H,2-9,11,14,18,20H2,1H3,(H2,31,32)/t21-,25+,27-/m0/s1. The Balaban J connectivity index is 1.33. The molecule has 36 heavy (non-hydrogen) atoms. The highest BCUT2D eigenvalue weighted by atomic mass is 16.5. The van der Waals surface area contributed by atoms with Gasteiger partial charge in [-0.05, 0) is 88.0 Å². The number of ether oxygens (including phenoxy) is 2. The second-order valence-electron chi connectivity index (χ2n) is 10.4. The Hall–Kier alpha value is -2.75. The normalized spacial score (nSPS) is 21.9. The third kappa shape index (κ3) is 7.88. The molecule has 1 fully saturated rings. The smallest absolute Gasteiger partial charge is 0.161 e. The van der Waals surface area contributed by atoms with Crippen LogP contribution in [0.1, 0.15) is 87.8 Å². The van der Waals surface area contributed by atoms with Gasteiger partial charge >= 0.3 is 0 Å². The largest absolute Gasteiger partial charge is 0.504 e. The average molecular weight is 493 g/mol. The van der Waals surface area contributed by atoms with Gasteiger partial charge in [-0.2, -0.15) is 0 Å². The number of nitrogens with zero attached hydrogens (tertiary/aromatic N) is 1. The lowest BCUT2D eigenvalue weighted by molar-refractivity contribution is -0.00374. The van der Waals surface area contributed by atoms with Gasteiger partial charge in [-0.25, -0.2) is 4.98 Å². The minimum absolute atomic E-state index is 0.0410. The summed E-state index contributed by atoms with van der Waals surface area (Å²) < 4.78 is 12.4. The van der Waals surface area contributed by atoms with Gasteiger partial charge in [0.05, 0.1) is 24.9 Å². The molecule has 2 heterocycles. The van der Waals surface area contributed by atoms with Crippen molar-refractivity contribution in [3.05, 3.63) is 47.2 Å². The molecule has 3 atom stereocenters. The molecule has 1 aliphatic carbocycles. The van der Waals surface area contributed by atoms with Gasteiger partial charge in [-0.15, -0.1) is 0 Å². The number of hydrogen-bond acceptors (Lipinski definition) is 6. The van der Waals surface area contributed by atoms with Crippen molar-refractivity contribution in [1.82, 2.24) is 4.98 Å². The summed E-state index contributed by atoms with van der Waals surface area (Å²) in [6.45, 7) is 2.55. The van der Waals surface area contributed by atoms with E-state index in [9.17, 15) is 10.2 Å². The number of phenols is 1. The highest BCUT2D eigenvalue weighted by molar-refractivity contribution is 5.47. The first kappa shape index (κ1) is 26.3. The molecule has 6 nitrogen and oxygen atoms in total. The van der Waals surface area contributed by atoms with Crippen LogP contribution in [-0.2, 0) is 17.8 Å². The highest BCUT2D eigenvalue weighted by Crippen LogP contribution is 2.32. The summed E-state index contributed by atoms with van der Waals surface area (Å²) in [7, 11) is 0. The summed E-state index contributed by atoms with van der Waals surface area (Å²) in [6.07, 6.45) is 11.9. The van der Waals surface area contributed by atoms with E-state index in [0.29, 0.717) is 37.4 Å². The fraction of sp³-hybridized carbons (Fsp3) is 0.567. The van der Waals surface area contributed by atoms with E-state index < -0.39 is 6.10 Å². The van der Waals surface area contributed by atoms with Crippen molar-refractivity contribution in [3.8, 4) is 23.3 Å². The van der Waals surface area contributed by atoms with E-state index in [4.69, 9.17) is 15.2 Å². The Morgan fingerprint density at radius 3 is 2.81 bits per heavy atom. The molecular formula is C30H40N2O4. The lowest BCUT2D eigenvalue weighted by Gasteiger charge is -2.24. The number of anilines is 1. The molecule has 1 aromatic heterocycles. The molecular weight excluding hydrogens is 452 g/mol. The van der Waals surface area contributed by atoms with E-state index >= 15 is 0 Å². The summed E-state index contributed by atoms with van der Waals surface area (Å²) >= 11 is 0. The molecule has 0 radical (unpaired) electrons. The van der Waals surface area contributed by atoms with E-state index in [2.05, 4.69) is 23.7 Å². The summed E-state index contributed by atoms with van der Waals surface area (Å²) in [4.78, 5) is 4.21. The van der Waals surface area contributed by atoms with Crippen molar-refractivity contribution in [1.29, 1.82) is 0 Å². The fourth-order valence-electron chi connectivity index (χ4n) is 5.06. The Bertz CT molecular complexity index is 1050.